The summed E-state index contributed by atoms with van der Waals surface area (Å²) in [7, 11) is 0. The first-order valence-electron chi connectivity index (χ1n) is 11.4. The second-order valence-corrected chi connectivity index (χ2v) is 9.15. The van der Waals surface area contributed by atoms with Gasteiger partial charge in [-0.15, -0.1) is 0 Å². The molecule has 2 fully saturated rings. The maximum Gasteiger partial charge on any atom is 0.348 e. The zero-order valence-electron chi connectivity index (χ0n) is 18.3. The van der Waals surface area contributed by atoms with Crippen LogP contribution in [0.25, 0.3) is 27.8 Å². The van der Waals surface area contributed by atoms with Gasteiger partial charge in [0.05, 0.1) is 12.0 Å². The summed E-state index contributed by atoms with van der Waals surface area (Å²) in [5.41, 5.74) is 0.420. The number of halogens is 2. The van der Waals surface area contributed by atoms with Crippen molar-refractivity contribution in [2.24, 2.45) is 11.8 Å². The summed E-state index contributed by atoms with van der Waals surface area (Å²) in [4.78, 5) is 26.7. The van der Waals surface area contributed by atoms with Crippen molar-refractivity contribution in [1.82, 2.24) is 19.7 Å². The second-order valence-electron chi connectivity index (χ2n) is 9.15. The van der Waals surface area contributed by atoms with Crippen molar-refractivity contribution in [1.29, 1.82) is 0 Å². The maximum atomic E-state index is 15.2. The largest absolute Gasteiger partial charge is 0.464 e. The molecule has 1 aliphatic carbocycles. The van der Waals surface area contributed by atoms with Crippen LogP contribution in [0.4, 0.5) is 8.78 Å². The van der Waals surface area contributed by atoms with E-state index in [1.54, 1.807) is 24.3 Å². The Morgan fingerprint density at radius 3 is 2.79 bits per heavy atom. The molecule has 34 heavy (non-hydrogen) atoms. The maximum absolute atomic E-state index is 15.2. The van der Waals surface area contributed by atoms with E-state index in [-0.39, 0.29) is 29.0 Å². The number of H-pyrrole nitrogens is 1. The molecule has 6 rings (SSSR count). The highest BCUT2D eigenvalue weighted by Gasteiger charge is 2.37. The average Bonchev–Trinajstić information content (AvgIpc) is 3.22. The standard InChI is InChI=1S/C25H22F2N4O3/c26-19-12-21(20(27)11-18(19)16-3-4-22-17(10-16)6-8-34-22)31-23(28-29-25(31)33)9-14-5-7-30(13-14)24(32)15-1-2-15/h3-4,6,8,10-12,14-15H,1-2,5,7,9,13H2,(H,29,33). The van der Waals surface area contributed by atoms with Gasteiger partial charge in [-0.1, -0.05) is 6.07 Å². The van der Waals surface area contributed by atoms with Crippen LogP contribution in [0, 0.1) is 23.5 Å². The lowest BCUT2D eigenvalue weighted by molar-refractivity contribution is -0.131. The number of benzene rings is 2. The Kier molecular flexibility index (Phi) is 4.86. The van der Waals surface area contributed by atoms with Crippen LogP contribution in [0.15, 0.2) is 51.9 Å². The van der Waals surface area contributed by atoms with E-state index in [1.165, 1.54) is 6.26 Å². The number of likely N-dealkylation sites (tertiary alicyclic amines) is 1. The van der Waals surface area contributed by atoms with Crippen molar-refractivity contribution in [3.05, 3.63) is 70.6 Å². The fourth-order valence-corrected chi connectivity index (χ4v) is 4.82. The fraction of sp³-hybridized carbons (Fsp3) is 0.320. The number of hydrogen-bond donors (Lipinski definition) is 1. The number of carbonyl (C=O) groups excluding carboxylic acids is 1. The van der Waals surface area contributed by atoms with Crippen molar-refractivity contribution in [2.75, 3.05) is 13.1 Å². The number of nitrogens with one attached hydrogen (secondary N) is 1. The third-order valence-electron chi connectivity index (χ3n) is 6.78. The van der Waals surface area contributed by atoms with Crippen molar-refractivity contribution >= 4 is 16.9 Å². The molecule has 2 aromatic heterocycles. The van der Waals surface area contributed by atoms with Crippen molar-refractivity contribution in [2.45, 2.75) is 25.7 Å². The molecule has 1 saturated heterocycles. The van der Waals surface area contributed by atoms with Crippen LogP contribution in [-0.2, 0) is 11.2 Å². The minimum atomic E-state index is -0.731. The normalized spacial score (nSPS) is 18.2. The van der Waals surface area contributed by atoms with Gasteiger partial charge in [0.15, 0.2) is 0 Å². The SMILES string of the molecule is O=C(C1CC1)N1CCC(Cc2n[nH]c(=O)n2-c2cc(F)c(-c3ccc4occc4c3)cc2F)C1. The molecule has 1 N–H and O–H groups in total. The lowest BCUT2D eigenvalue weighted by Crippen LogP contribution is -2.30. The number of hydrogen-bond acceptors (Lipinski definition) is 4. The van der Waals surface area contributed by atoms with Crippen LogP contribution in [0.5, 0.6) is 0 Å². The topological polar surface area (TPSA) is 84.1 Å². The van der Waals surface area contributed by atoms with Crippen molar-refractivity contribution in [3.63, 3.8) is 0 Å². The van der Waals surface area contributed by atoms with Crippen LogP contribution in [0.3, 0.4) is 0 Å². The van der Waals surface area contributed by atoms with Gasteiger partial charge in [-0.05, 0) is 55.0 Å². The first-order valence-corrected chi connectivity index (χ1v) is 11.4. The summed E-state index contributed by atoms with van der Waals surface area (Å²) in [6.45, 7) is 1.26. The highest BCUT2D eigenvalue weighted by atomic mass is 19.1. The van der Waals surface area contributed by atoms with Gasteiger partial charge < -0.3 is 9.32 Å². The summed E-state index contributed by atoms with van der Waals surface area (Å²) in [5.74, 6) is -0.607. The number of furan rings is 1. The second kappa shape index (κ2) is 7.93. The summed E-state index contributed by atoms with van der Waals surface area (Å²) in [6, 6.07) is 8.96. The van der Waals surface area contributed by atoms with Gasteiger partial charge in [0.1, 0.15) is 23.0 Å². The Morgan fingerprint density at radius 2 is 1.97 bits per heavy atom. The predicted octanol–water partition coefficient (Wildman–Crippen LogP) is 4.05. The van der Waals surface area contributed by atoms with E-state index in [0.29, 0.717) is 36.5 Å². The molecule has 7 nitrogen and oxygen atoms in total. The van der Waals surface area contributed by atoms with Crippen LogP contribution < -0.4 is 5.69 Å². The van der Waals surface area contributed by atoms with E-state index in [1.807, 2.05) is 4.90 Å². The Morgan fingerprint density at radius 1 is 1.12 bits per heavy atom. The molecule has 1 aliphatic heterocycles. The Bertz CT molecular complexity index is 1470. The zero-order valence-corrected chi connectivity index (χ0v) is 18.3. The molecule has 2 aromatic carbocycles. The number of amides is 1. The van der Waals surface area contributed by atoms with Gasteiger partial charge >= 0.3 is 5.69 Å². The molecule has 4 aromatic rings. The van der Waals surface area contributed by atoms with Crippen molar-refractivity contribution in [3.8, 4) is 16.8 Å². The van der Waals surface area contributed by atoms with E-state index in [4.69, 9.17) is 4.42 Å². The third-order valence-corrected chi connectivity index (χ3v) is 6.78. The summed E-state index contributed by atoms with van der Waals surface area (Å²) < 4.78 is 36.8. The molecule has 1 atom stereocenters. The molecule has 2 aliphatic rings. The highest BCUT2D eigenvalue weighted by molar-refractivity contribution is 5.84. The fourth-order valence-electron chi connectivity index (χ4n) is 4.82. The predicted molar refractivity (Wildman–Crippen MR) is 120 cm³/mol. The molecule has 0 spiro atoms. The number of aromatic amines is 1. The minimum Gasteiger partial charge on any atom is -0.464 e. The van der Waals surface area contributed by atoms with E-state index < -0.39 is 17.3 Å². The van der Waals surface area contributed by atoms with Gasteiger partial charge in [0.25, 0.3) is 0 Å². The monoisotopic (exact) mass is 464 g/mol. The molecule has 0 bridgehead atoms. The number of aromatic nitrogens is 3. The van der Waals surface area contributed by atoms with E-state index in [9.17, 15) is 9.59 Å². The summed E-state index contributed by atoms with van der Waals surface area (Å²) in [5, 5.41) is 7.21. The third kappa shape index (κ3) is 3.61. The summed E-state index contributed by atoms with van der Waals surface area (Å²) >= 11 is 0. The van der Waals surface area contributed by atoms with Gasteiger partial charge in [-0.2, -0.15) is 5.10 Å². The van der Waals surface area contributed by atoms with E-state index in [0.717, 1.165) is 41.3 Å². The molecule has 1 saturated carbocycles. The van der Waals surface area contributed by atoms with Crippen LogP contribution >= 0.6 is 0 Å². The summed E-state index contributed by atoms with van der Waals surface area (Å²) in [6.07, 6.45) is 4.61. The van der Waals surface area contributed by atoms with Crippen molar-refractivity contribution < 1.29 is 18.0 Å². The number of nitrogens with zero attached hydrogens (tertiary/aromatic N) is 3. The van der Waals surface area contributed by atoms with E-state index >= 15 is 8.78 Å². The van der Waals surface area contributed by atoms with Crippen LogP contribution in [0.1, 0.15) is 25.1 Å². The number of fused-ring (bicyclic) bond motifs is 1. The quantitative estimate of drug-likeness (QED) is 0.483. The van der Waals surface area contributed by atoms with Crippen LogP contribution in [-0.4, -0.2) is 38.7 Å². The Balaban J connectivity index is 1.29. The number of carbonyl (C=O) groups is 1. The zero-order chi connectivity index (χ0) is 23.4. The molecule has 0 radical (unpaired) electrons. The molecule has 3 heterocycles. The molecule has 1 unspecified atom stereocenters. The molecule has 1 amide bonds. The lowest BCUT2D eigenvalue weighted by Gasteiger charge is -2.16. The van der Waals surface area contributed by atoms with E-state index in [2.05, 4.69) is 10.2 Å². The first kappa shape index (κ1) is 20.8. The van der Waals surface area contributed by atoms with Crippen LogP contribution in [0.2, 0.25) is 0 Å². The van der Waals surface area contributed by atoms with Gasteiger partial charge in [-0.3, -0.25) is 4.79 Å². The Labute approximate surface area is 193 Å². The van der Waals surface area contributed by atoms with Gasteiger partial charge in [-0.25, -0.2) is 23.2 Å². The molecule has 174 valence electrons. The minimum absolute atomic E-state index is 0.0902. The smallest absolute Gasteiger partial charge is 0.348 e. The van der Waals surface area contributed by atoms with Gasteiger partial charge in [0.2, 0.25) is 5.91 Å². The number of rotatable bonds is 5. The first-order chi connectivity index (χ1) is 16.5. The highest BCUT2D eigenvalue weighted by Crippen LogP contribution is 2.34. The average molecular weight is 464 g/mol. The molecular formula is C25H22F2N4O3. The lowest BCUT2D eigenvalue weighted by atomic mass is 10.0. The molecule has 9 heteroatoms. The van der Waals surface area contributed by atoms with Gasteiger partial charge in [0, 0.05) is 42.4 Å². The Hall–Kier alpha value is -3.75. The molecular weight excluding hydrogens is 442 g/mol.